The molecule has 1 aromatic rings. The highest BCUT2D eigenvalue weighted by molar-refractivity contribution is 5.42. The SMILES string of the molecule is CCC(C)C(C)Nc1cccc(N)n1. The second-order valence-electron chi connectivity index (χ2n) is 3.77. The van der Waals surface area contributed by atoms with Gasteiger partial charge in [-0.25, -0.2) is 4.98 Å². The van der Waals surface area contributed by atoms with Crippen LogP contribution < -0.4 is 11.1 Å². The molecule has 2 unspecified atom stereocenters. The van der Waals surface area contributed by atoms with Gasteiger partial charge in [0.2, 0.25) is 0 Å². The quantitative estimate of drug-likeness (QED) is 0.772. The number of hydrogen-bond donors (Lipinski definition) is 2. The molecule has 14 heavy (non-hydrogen) atoms. The molecule has 0 aliphatic carbocycles. The van der Waals surface area contributed by atoms with Gasteiger partial charge in [0.25, 0.3) is 0 Å². The van der Waals surface area contributed by atoms with Crippen LogP contribution in [0, 0.1) is 5.92 Å². The van der Waals surface area contributed by atoms with E-state index in [2.05, 4.69) is 31.1 Å². The molecule has 0 radical (unpaired) electrons. The van der Waals surface area contributed by atoms with Crippen molar-refractivity contribution in [2.75, 3.05) is 11.1 Å². The van der Waals surface area contributed by atoms with Crippen LogP contribution in [0.15, 0.2) is 18.2 Å². The molecule has 1 aromatic heterocycles. The van der Waals surface area contributed by atoms with Crippen LogP contribution in [0.2, 0.25) is 0 Å². The summed E-state index contributed by atoms with van der Waals surface area (Å²) in [5.41, 5.74) is 5.59. The summed E-state index contributed by atoms with van der Waals surface area (Å²) >= 11 is 0. The van der Waals surface area contributed by atoms with E-state index in [1.165, 1.54) is 0 Å². The van der Waals surface area contributed by atoms with Gasteiger partial charge in [-0.1, -0.05) is 26.3 Å². The van der Waals surface area contributed by atoms with E-state index in [0.717, 1.165) is 12.2 Å². The predicted molar refractivity (Wildman–Crippen MR) is 61.2 cm³/mol. The molecule has 0 aliphatic rings. The number of nitrogens with two attached hydrogens (primary N) is 1. The Bertz CT molecular complexity index is 286. The molecule has 0 amide bonds. The monoisotopic (exact) mass is 193 g/mol. The van der Waals surface area contributed by atoms with Gasteiger partial charge in [0.05, 0.1) is 0 Å². The molecule has 1 heterocycles. The van der Waals surface area contributed by atoms with Gasteiger partial charge in [-0.15, -0.1) is 0 Å². The van der Waals surface area contributed by atoms with Crippen molar-refractivity contribution in [3.8, 4) is 0 Å². The number of nitrogen functional groups attached to an aromatic ring is 1. The molecule has 3 nitrogen and oxygen atoms in total. The Labute approximate surface area is 85.7 Å². The van der Waals surface area contributed by atoms with Crippen LogP contribution in [0.3, 0.4) is 0 Å². The number of nitrogens with zero attached hydrogens (tertiary/aromatic N) is 1. The zero-order chi connectivity index (χ0) is 10.6. The minimum absolute atomic E-state index is 0.425. The molecule has 0 spiro atoms. The second kappa shape index (κ2) is 4.84. The Morgan fingerprint density at radius 2 is 2.14 bits per heavy atom. The van der Waals surface area contributed by atoms with Crippen molar-refractivity contribution in [3.63, 3.8) is 0 Å². The Balaban J connectivity index is 2.60. The summed E-state index contributed by atoms with van der Waals surface area (Å²) in [5, 5.41) is 3.34. The third-order valence-corrected chi connectivity index (χ3v) is 2.64. The van der Waals surface area contributed by atoms with Gasteiger partial charge in [-0.05, 0) is 25.0 Å². The Kier molecular flexibility index (Phi) is 3.74. The maximum absolute atomic E-state index is 5.59. The number of nitrogens with one attached hydrogen (secondary N) is 1. The normalized spacial score (nSPS) is 14.8. The average molecular weight is 193 g/mol. The molecular weight excluding hydrogens is 174 g/mol. The third kappa shape index (κ3) is 2.91. The largest absolute Gasteiger partial charge is 0.384 e. The van der Waals surface area contributed by atoms with Gasteiger partial charge in [-0.2, -0.15) is 0 Å². The van der Waals surface area contributed by atoms with E-state index in [1.54, 1.807) is 6.07 Å². The van der Waals surface area contributed by atoms with Gasteiger partial charge >= 0.3 is 0 Å². The van der Waals surface area contributed by atoms with Crippen LogP contribution in [-0.2, 0) is 0 Å². The highest BCUT2D eigenvalue weighted by Gasteiger charge is 2.09. The van der Waals surface area contributed by atoms with Crippen LogP contribution in [0.1, 0.15) is 27.2 Å². The lowest BCUT2D eigenvalue weighted by molar-refractivity contribution is 0.493. The van der Waals surface area contributed by atoms with Crippen molar-refractivity contribution in [2.24, 2.45) is 5.92 Å². The Morgan fingerprint density at radius 1 is 1.43 bits per heavy atom. The van der Waals surface area contributed by atoms with E-state index < -0.39 is 0 Å². The summed E-state index contributed by atoms with van der Waals surface area (Å²) in [6, 6.07) is 6.07. The number of rotatable bonds is 4. The summed E-state index contributed by atoms with van der Waals surface area (Å²) in [6.07, 6.45) is 1.16. The van der Waals surface area contributed by atoms with Crippen molar-refractivity contribution < 1.29 is 0 Å². The lowest BCUT2D eigenvalue weighted by Crippen LogP contribution is -2.23. The minimum Gasteiger partial charge on any atom is -0.384 e. The summed E-state index contributed by atoms with van der Waals surface area (Å²) < 4.78 is 0. The van der Waals surface area contributed by atoms with Crippen molar-refractivity contribution in [1.29, 1.82) is 0 Å². The number of pyridine rings is 1. The first kappa shape index (κ1) is 10.8. The Morgan fingerprint density at radius 3 is 2.71 bits per heavy atom. The summed E-state index contributed by atoms with van der Waals surface area (Å²) in [5.74, 6) is 2.06. The van der Waals surface area contributed by atoms with Gasteiger partial charge in [0, 0.05) is 6.04 Å². The second-order valence-corrected chi connectivity index (χ2v) is 3.77. The van der Waals surface area contributed by atoms with Gasteiger partial charge < -0.3 is 11.1 Å². The molecule has 0 aliphatic heterocycles. The van der Waals surface area contributed by atoms with Gasteiger partial charge in [0.1, 0.15) is 11.6 Å². The van der Waals surface area contributed by atoms with Crippen LogP contribution in [0.4, 0.5) is 11.6 Å². The Hall–Kier alpha value is -1.25. The van der Waals surface area contributed by atoms with E-state index >= 15 is 0 Å². The molecule has 78 valence electrons. The lowest BCUT2D eigenvalue weighted by atomic mass is 10.0. The molecule has 3 N–H and O–H groups in total. The highest BCUT2D eigenvalue weighted by atomic mass is 15.0. The highest BCUT2D eigenvalue weighted by Crippen LogP contribution is 2.13. The third-order valence-electron chi connectivity index (χ3n) is 2.64. The average Bonchev–Trinajstić information content (AvgIpc) is 2.16. The molecule has 0 saturated carbocycles. The van der Waals surface area contributed by atoms with Crippen LogP contribution in [0.25, 0.3) is 0 Å². The van der Waals surface area contributed by atoms with Crippen LogP contribution in [-0.4, -0.2) is 11.0 Å². The minimum atomic E-state index is 0.425. The first-order chi connectivity index (χ1) is 6.63. The van der Waals surface area contributed by atoms with Crippen molar-refractivity contribution in [3.05, 3.63) is 18.2 Å². The van der Waals surface area contributed by atoms with Crippen molar-refractivity contribution >= 4 is 11.6 Å². The summed E-state index contributed by atoms with van der Waals surface area (Å²) in [6.45, 7) is 6.58. The van der Waals surface area contributed by atoms with Crippen molar-refractivity contribution in [2.45, 2.75) is 33.2 Å². The fourth-order valence-corrected chi connectivity index (χ4v) is 1.26. The molecule has 2 atom stereocenters. The summed E-state index contributed by atoms with van der Waals surface area (Å²) in [4.78, 5) is 4.20. The van der Waals surface area contributed by atoms with E-state index in [0.29, 0.717) is 17.8 Å². The van der Waals surface area contributed by atoms with E-state index in [4.69, 9.17) is 5.73 Å². The standard InChI is InChI=1S/C11H19N3/c1-4-8(2)9(3)13-11-7-5-6-10(12)14-11/h5-9H,4H2,1-3H3,(H3,12,13,14). The number of hydrogen-bond acceptors (Lipinski definition) is 3. The first-order valence-electron chi connectivity index (χ1n) is 5.12. The zero-order valence-electron chi connectivity index (χ0n) is 9.12. The molecule has 0 saturated heterocycles. The first-order valence-corrected chi connectivity index (χ1v) is 5.12. The van der Waals surface area contributed by atoms with Gasteiger partial charge in [0.15, 0.2) is 0 Å². The number of aromatic nitrogens is 1. The predicted octanol–water partition coefficient (Wildman–Crippen LogP) is 2.51. The molecule has 0 fully saturated rings. The molecule has 3 heteroatoms. The fraction of sp³-hybridized carbons (Fsp3) is 0.545. The van der Waals surface area contributed by atoms with Crippen LogP contribution in [0.5, 0.6) is 0 Å². The topological polar surface area (TPSA) is 50.9 Å². The maximum Gasteiger partial charge on any atom is 0.128 e. The van der Waals surface area contributed by atoms with Crippen LogP contribution >= 0.6 is 0 Å². The molecule has 0 bridgehead atoms. The lowest BCUT2D eigenvalue weighted by Gasteiger charge is -2.20. The molecular formula is C11H19N3. The van der Waals surface area contributed by atoms with E-state index in [9.17, 15) is 0 Å². The number of anilines is 2. The van der Waals surface area contributed by atoms with E-state index in [1.807, 2.05) is 12.1 Å². The molecule has 1 rings (SSSR count). The van der Waals surface area contributed by atoms with Crippen molar-refractivity contribution in [1.82, 2.24) is 4.98 Å². The fourth-order valence-electron chi connectivity index (χ4n) is 1.26. The van der Waals surface area contributed by atoms with E-state index in [-0.39, 0.29) is 0 Å². The maximum atomic E-state index is 5.59. The molecule has 0 aromatic carbocycles. The van der Waals surface area contributed by atoms with Gasteiger partial charge in [-0.3, -0.25) is 0 Å². The zero-order valence-corrected chi connectivity index (χ0v) is 9.12. The smallest absolute Gasteiger partial charge is 0.128 e. The summed E-state index contributed by atoms with van der Waals surface area (Å²) in [7, 11) is 0.